The summed E-state index contributed by atoms with van der Waals surface area (Å²) in [5.74, 6) is -0.294. The van der Waals surface area contributed by atoms with Crippen molar-refractivity contribution in [1.82, 2.24) is 0 Å². The first-order chi connectivity index (χ1) is 17.3. The van der Waals surface area contributed by atoms with Crippen LogP contribution in [0.15, 0.2) is 59.7 Å². The van der Waals surface area contributed by atoms with Crippen LogP contribution < -0.4 is 9.64 Å². The molecule has 194 valence electrons. The summed E-state index contributed by atoms with van der Waals surface area (Å²) in [5, 5.41) is 8.99. The van der Waals surface area contributed by atoms with Gasteiger partial charge in [-0.15, -0.1) is 0 Å². The number of nitrogens with zero attached hydrogens (tertiary/aromatic N) is 1. The summed E-state index contributed by atoms with van der Waals surface area (Å²) in [4.78, 5) is 13.4. The second-order valence-electron chi connectivity index (χ2n) is 10.3. The number of rotatable bonds is 11. The number of sulfone groups is 1. The van der Waals surface area contributed by atoms with Gasteiger partial charge in [-0.3, -0.25) is 0 Å². The quantitative estimate of drug-likeness (QED) is 0.263. The van der Waals surface area contributed by atoms with E-state index in [0.717, 1.165) is 75.0 Å². The van der Waals surface area contributed by atoms with Gasteiger partial charge in [-0.1, -0.05) is 57.7 Å². The van der Waals surface area contributed by atoms with Gasteiger partial charge >= 0.3 is 5.97 Å². The van der Waals surface area contributed by atoms with Crippen LogP contribution >= 0.6 is 0 Å². The molecule has 2 aromatic carbocycles. The van der Waals surface area contributed by atoms with Crippen molar-refractivity contribution >= 4 is 27.2 Å². The van der Waals surface area contributed by atoms with E-state index in [-0.39, 0.29) is 22.0 Å². The minimum atomic E-state index is -3.64. The van der Waals surface area contributed by atoms with Crippen molar-refractivity contribution in [2.45, 2.75) is 76.0 Å². The molecule has 2 aromatic rings. The van der Waals surface area contributed by atoms with Crippen LogP contribution in [0.2, 0.25) is 0 Å². The molecule has 2 aliphatic rings. The molecule has 1 fully saturated rings. The van der Waals surface area contributed by atoms with Crippen LogP contribution in [-0.2, 0) is 14.6 Å². The molecule has 0 amide bonds. The Hall–Kier alpha value is -2.80. The molecule has 6 nitrogen and oxygen atoms in total. The second-order valence-corrected chi connectivity index (χ2v) is 12.2. The molecular weight excluding hydrogens is 474 g/mol. The minimum absolute atomic E-state index is 0.101. The number of aliphatic carboxylic acids is 1. The molecule has 1 saturated carbocycles. The molecule has 0 aromatic heterocycles. The zero-order valence-corrected chi connectivity index (χ0v) is 22.1. The Bertz CT molecular complexity index is 1190. The zero-order valence-electron chi connectivity index (χ0n) is 21.3. The van der Waals surface area contributed by atoms with E-state index in [2.05, 4.69) is 18.7 Å². The van der Waals surface area contributed by atoms with E-state index in [0.29, 0.717) is 18.0 Å². The third-order valence-electron chi connectivity index (χ3n) is 7.32. The number of ether oxygens (including phenoxy) is 1. The molecule has 1 heterocycles. The van der Waals surface area contributed by atoms with E-state index in [9.17, 15) is 13.2 Å². The van der Waals surface area contributed by atoms with Crippen LogP contribution in [0.25, 0.3) is 0 Å². The standard InChI is InChI=1S/C29H37NO5S/c1-3-5-15-29(16-6-4-2)20-30(23-10-8-7-9-11-23)25-18-24(22-12-13-22)26(35-17-14-28(31)32)19-27(25)36(33,34)21-29/h7-11,14,17-19,22H,3-6,12-13,15-16,20-21H2,1-2H3,(H,31,32)/b17-14-. The summed E-state index contributed by atoms with van der Waals surface area (Å²) in [5.41, 5.74) is 2.26. The molecule has 1 aliphatic carbocycles. The van der Waals surface area contributed by atoms with Gasteiger partial charge in [-0.05, 0) is 55.4 Å². The lowest BCUT2D eigenvalue weighted by Crippen LogP contribution is -2.38. The smallest absolute Gasteiger partial charge is 0.331 e. The topological polar surface area (TPSA) is 83.9 Å². The molecule has 7 heteroatoms. The van der Waals surface area contributed by atoms with Crippen LogP contribution in [0.3, 0.4) is 0 Å². The highest BCUT2D eigenvalue weighted by Gasteiger charge is 2.43. The predicted octanol–water partition coefficient (Wildman–Crippen LogP) is 6.83. The van der Waals surface area contributed by atoms with Crippen molar-refractivity contribution < 1.29 is 23.1 Å². The Morgan fingerprint density at radius 3 is 2.36 bits per heavy atom. The largest absolute Gasteiger partial charge is 0.478 e. The van der Waals surface area contributed by atoms with Gasteiger partial charge in [0.15, 0.2) is 9.84 Å². The number of para-hydroxylation sites is 1. The summed E-state index contributed by atoms with van der Waals surface area (Å²) in [7, 11) is -3.64. The van der Waals surface area contributed by atoms with E-state index in [4.69, 9.17) is 9.84 Å². The lowest BCUT2D eigenvalue weighted by atomic mass is 9.79. The Balaban J connectivity index is 1.90. The summed E-state index contributed by atoms with van der Waals surface area (Å²) in [6.45, 7) is 4.95. The maximum atomic E-state index is 14.0. The van der Waals surface area contributed by atoms with Gasteiger partial charge in [0.1, 0.15) is 5.75 Å². The highest BCUT2D eigenvalue weighted by molar-refractivity contribution is 7.91. The highest BCUT2D eigenvalue weighted by atomic mass is 32.2. The predicted molar refractivity (Wildman–Crippen MR) is 143 cm³/mol. The van der Waals surface area contributed by atoms with E-state index >= 15 is 0 Å². The number of fused-ring (bicyclic) bond motifs is 1. The molecule has 4 rings (SSSR count). The minimum Gasteiger partial charge on any atom is -0.478 e. The molecule has 0 spiro atoms. The molecule has 1 N–H and O–H groups in total. The van der Waals surface area contributed by atoms with Crippen LogP contribution in [0, 0.1) is 5.41 Å². The van der Waals surface area contributed by atoms with Crippen molar-refractivity contribution in [1.29, 1.82) is 0 Å². The van der Waals surface area contributed by atoms with Crippen LogP contribution in [-0.4, -0.2) is 31.8 Å². The molecule has 0 bridgehead atoms. The number of carboxylic acids is 1. The van der Waals surface area contributed by atoms with Gasteiger partial charge < -0.3 is 14.7 Å². The zero-order chi connectivity index (χ0) is 25.8. The van der Waals surface area contributed by atoms with E-state index < -0.39 is 15.8 Å². The summed E-state index contributed by atoms with van der Waals surface area (Å²) in [6, 6.07) is 13.7. The van der Waals surface area contributed by atoms with E-state index in [1.54, 1.807) is 6.07 Å². The Kier molecular flexibility index (Phi) is 8.08. The highest BCUT2D eigenvalue weighted by Crippen LogP contribution is 2.51. The van der Waals surface area contributed by atoms with Gasteiger partial charge in [0, 0.05) is 23.7 Å². The third kappa shape index (κ3) is 5.94. The van der Waals surface area contributed by atoms with Gasteiger partial charge in [-0.25, -0.2) is 13.2 Å². The van der Waals surface area contributed by atoms with Crippen molar-refractivity contribution in [2.75, 3.05) is 17.2 Å². The van der Waals surface area contributed by atoms with Crippen molar-refractivity contribution in [3.63, 3.8) is 0 Å². The number of carbonyl (C=O) groups is 1. The number of hydrogen-bond acceptors (Lipinski definition) is 5. The van der Waals surface area contributed by atoms with Crippen LogP contribution in [0.1, 0.15) is 76.7 Å². The van der Waals surface area contributed by atoms with Crippen molar-refractivity contribution in [3.8, 4) is 5.75 Å². The molecule has 36 heavy (non-hydrogen) atoms. The molecule has 1 aliphatic heterocycles. The fourth-order valence-electron chi connectivity index (χ4n) is 5.32. The van der Waals surface area contributed by atoms with Crippen LogP contribution in [0.4, 0.5) is 11.4 Å². The van der Waals surface area contributed by atoms with Gasteiger partial charge in [0.25, 0.3) is 0 Å². The average Bonchev–Trinajstić information content (AvgIpc) is 3.70. The first-order valence-corrected chi connectivity index (χ1v) is 14.7. The summed E-state index contributed by atoms with van der Waals surface area (Å²) >= 11 is 0. The van der Waals surface area contributed by atoms with Gasteiger partial charge in [0.2, 0.25) is 0 Å². The molecule has 0 atom stereocenters. The molecule has 0 saturated heterocycles. The fourth-order valence-corrected chi connectivity index (χ4v) is 7.44. The number of carboxylic acid groups (broad SMARTS) is 1. The average molecular weight is 512 g/mol. The Morgan fingerprint density at radius 2 is 1.78 bits per heavy atom. The SMILES string of the molecule is CCCCC1(CCCC)CN(c2ccccc2)c2cc(C3CC3)c(O/C=C\C(=O)O)cc2S(=O)(=O)C1. The monoisotopic (exact) mass is 511 g/mol. The van der Waals surface area contributed by atoms with E-state index in [1.165, 1.54) is 0 Å². The normalized spacial score (nSPS) is 18.6. The molecule has 0 unspecified atom stereocenters. The third-order valence-corrected chi connectivity index (χ3v) is 9.31. The summed E-state index contributed by atoms with van der Waals surface area (Å²) in [6.07, 6.45) is 9.80. The van der Waals surface area contributed by atoms with Crippen LogP contribution in [0.5, 0.6) is 5.75 Å². The van der Waals surface area contributed by atoms with Crippen molar-refractivity contribution in [2.24, 2.45) is 5.41 Å². The maximum absolute atomic E-state index is 14.0. The lowest BCUT2D eigenvalue weighted by molar-refractivity contribution is -0.131. The maximum Gasteiger partial charge on any atom is 0.331 e. The first kappa shape index (κ1) is 26.3. The second kappa shape index (κ2) is 11.1. The fraction of sp³-hybridized carbons (Fsp3) is 0.483. The van der Waals surface area contributed by atoms with Crippen molar-refractivity contribution in [3.05, 3.63) is 60.4 Å². The summed E-state index contributed by atoms with van der Waals surface area (Å²) < 4.78 is 33.8. The number of hydrogen-bond donors (Lipinski definition) is 1. The molecule has 0 radical (unpaired) electrons. The first-order valence-electron chi connectivity index (χ1n) is 13.1. The number of benzene rings is 2. The Labute approximate surface area is 214 Å². The van der Waals surface area contributed by atoms with Gasteiger partial charge in [0.05, 0.1) is 28.7 Å². The lowest BCUT2D eigenvalue weighted by Gasteiger charge is -2.37. The number of unbranched alkanes of at least 4 members (excludes halogenated alkanes) is 2. The Morgan fingerprint density at radius 1 is 1.11 bits per heavy atom. The number of anilines is 2. The van der Waals surface area contributed by atoms with E-state index in [1.807, 2.05) is 36.4 Å². The van der Waals surface area contributed by atoms with Gasteiger partial charge in [-0.2, -0.15) is 0 Å². The molecular formula is C29H37NO5S.